The van der Waals surface area contributed by atoms with Gasteiger partial charge in [-0.3, -0.25) is 4.79 Å². The fraction of sp³-hybridized carbons (Fsp3) is 0.107. The smallest absolute Gasteiger partial charge is 0.167 e. The molecular formula is C28H25NO. The molecule has 2 heteroatoms. The molecule has 0 aromatic heterocycles. The minimum atomic E-state index is 0.129. The molecule has 4 rings (SSSR count). The highest BCUT2D eigenvalue weighted by molar-refractivity contribution is 6.00. The van der Waals surface area contributed by atoms with Gasteiger partial charge in [-0.2, -0.15) is 0 Å². The lowest BCUT2D eigenvalue weighted by atomic mass is 9.87. The molecule has 0 N–H and O–H groups in total. The van der Waals surface area contributed by atoms with Crippen molar-refractivity contribution >= 4 is 11.5 Å². The highest BCUT2D eigenvalue weighted by atomic mass is 16.1. The van der Waals surface area contributed by atoms with Gasteiger partial charge >= 0.3 is 0 Å². The third-order valence-corrected chi connectivity index (χ3v) is 5.34. The van der Waals surface area contributed by atoms with E-state index in [9.17, 15) is 4.79 Å². The van der Waals surface area contributed by atoms with Crippen molar-refractivity contribution in [2.45, 2.75) is 6.42 Å². The Morgan fingerprint density at radius 2 is 1.27 bits per heavy atom. The summed E-state index contributed by atoms with van der Waals surface area (Å²) in [6, 6.07) is 34.6. The molecule has 0 aliphatic rings. The third-order valence-electron chi connectivity index (χ3n) is 5.34. The Morgan fingerprint density at radius 1 is 0.667 bits per heavy atom. The van der Waals surface area contributed by atoms with Crippen molar-refractivity contribution in [1.82, 2.24) is 0 Å². The summed E-state index contributed by atoms with van der Waals surface area (Å²) in [6.07, 6.45) is 0.363. The van der Waals surface area contributed by atoms with Gasteiger partial charge in [-0.15, -0.1) is 0 Å². The van der Waals surface area contributed by atoms with Crippen LogP contribution in [-0.4, -0.2) is 19.9 Å². The molecule has 0 aliphatic heterocycles. The number of para-hydroxylation sites is 1. The van der Waals surface area contributed by atoms with E-state index in [4.69, 9.17) is 0 Å². The number of anilines is 1. The van der Waals surface area contributed by atoms with Crippen LogP contribution in [0.4, 0.5) is 5.69 Å². The van der Waals surface area contributed by atoms with Crippen molar-refractivity contribution in [3.63, 3.8) is 0 Å². The number of ketones is 1. The van der Waals surface area contributed by atoms with Crippen LogP contribution in [0.2, 0.25) is 0 Å². The molecule has 0 fully saturated rings. The molecule has 0 saturated carbocycles. The standard InChI is InChI=1S/C28H25NO/c1-29(2)26-19-10-9-17-25(26)28-23(20-27(30)22-14-7-4-8-15-22)16-11-18-24(28)21-12-5-3-6-13-21/h3-19H,20H2,1-2H3. The van der Waals surface area contributed by atoms with Crippen molar-refractivity contribution in [3.05, 3.63) is 114 Å². The van der Waals surface area contributed by atoms with Gasteiger partial charge in [-0.25, -0.2) is 0 Å². The fourth-order valence-corrected chi connectivity index (χ4v) is 3.90. The average Bonchev–Trinajstić information content (AvgIpc) is 2.80. The van der Waals surface area contributed by atoms with E-state index in [1.165, 1.54) is 0 Å². The van der Waals surface area contributed by atoms with Gasteiger partial charge in [-0.05, 0) is 28.3 Å². The summed E-state index contributed by atoms with van der Waals surface area (Å²) in [5, 5.41) is 0. The van der Waals surface area contributed by atoms with E-state index in [1.807, 2.05) is 36.4 Å². The molecule has 30 heavy (non-hydrogen) atoms. The van der Waals surface area contributed by atoms with E-state index >= 15 is 0 Å². The first kappa shape index (κ1) is 19.7. The number of carbonyl (C=O) groups is 1. The van der Waals surface area contributed by atoms with Crippen LogP contribution in [0.1, 0.15) is 15.9 Å². The quantitative estimate of drug-likeness (QED) is 0.349. The maximum atomic E-state index is 13.1. The molecule has 0 atom stereocenters. The zero-order valence-electron chi connectivity index (χ0n) is 17.4. The zero-order chi connectivity index (χ0) is 20.9. The van der Waals surface area contributed by atoms with Crippen molar-refractivity contribution in [1.29, 1.82) is 0 Å². The predicted molar refractivity (Wildman–Crippen MR) is 126 cm³/mol. The minimum absolute atomic E-state index is 0.129. The van der Waals surface area contributed by atoms with Crippen LogP contribution < -0.4 is 4.90 Å². The highest BCUT2D eigenvalue weighted by Gasteiger charge is 2.18. The molecular weight excluding hydrogens is 366 g/mol. The molecule has 4 aromatic rings. The Bertz CT molecular complexity index is 1150. The lowest BCUT2D eigenvalue weighted by Crippen LogP contribution is -2.11. The van der Waals surface area contributed by atoms with E-state index < -0.39 is 0 Å². The van der Waals surface area contributed by atoms with E-state index in [1.54, 1.807) is 0 Å². The largest absolute Gasteiger partial charge is 0.377 e. The van der Waals surface area contributed by atoms with Gasteiger partial charge in [0.25, 0.3) is 0 Å². The van der Waals surface area contributed by atoms with Crippen molar-refractivity contribution in [3.8, 4) is 22.3 Å². The SMILES string of the molecule is CN(C)c1ccccc1-c1c(CC(=O)c2ccccc2)cccc1-c1ccccc1. The zero-order valence-corrected chi connectivity index (χ0v) is 17.4. The molecule has 0 amide bonds. The Kier molecular flexibility index (Phi) is 5.76. The van der Waals surface area contributed by atoms with Gasteiger partial charge in [0.2, 0.25) is 0 Å². The maximum absolute atomic E-state index is 13.1. The fourth-order valence-electron chi connectivity index (χ4n) is 3.90. The summed E-state index contributed by atoms with van der Waals surface area (Å²) in [4.78, 5) is 15.2. The molecule has 0 saturated heterocycles. The van der Waals surface area contributed by atoms with Crippen LogP contribution in [0, 0.1) is 0 Å². The Morgan fingerprint density at radius 3 is 1.97 bits per heavy atom. The van der Waals surface area contributed by atoms with Gasteiger partial charge in [0.15, 0.2) is 5.78 Å². The van der Waals surface area contributed by atoms with Crippen LogP contribution in [0.5, 0.6) is 0 Å². The molecule has 0 spiro atoms. The van der Waals surface area contributed by atoms with Crippen molar-refractivity contribution in [2.75, 3.05) is 19.0 Å². The highest BCUT2D eigenvalue weighted by Crippen LogP contribution is 2.40. The average molecular weight is 392 g/mol. The number of carbonyl (C=O) groups excluding carboxylic acids is 1. The number of hydrogen-bond donors (Lipinski definition) is 0. The van der Waals surface area contributed by atoms with E-state index in [2.05, 4.69) is 85.7 Å². The lowest BCUT2D eigenvalue weighted by Gasteiger charge is -2.22. The van der Waals surface area contributed by atoms with Gasteiger partial charge in [-0.1, -0.05) is 97.1 Å². The molecule has 0 bridgehead atoms. The second kappa shape index (κ2) is 8.79. The molecule has 2 nitrogen and oxygen atoms in total. The second-order valence-electron chi connectivity index (χ2n) is 7.58. The Hall–Kier alpha value is -3.65. The van der Waals surface area contributed by atoms with Gasteiger partial charge in [0, 0.05) is 37.3 Å². The van der Waals surface area contributed by atoms with Gasteiger partial charge in [0.05, 0.1) is 0 Å². The van der Waals surface area contributed by atoms with Gasteiger partial charge in [0.1, 0.15) is 0 Å². The van der Waals surface area contributed by atoms with Crippen molar-refractivity contribution < 1.29 is 4.79 Å². The molecule has 148 valence electrons. The molecule has 0 aliphatic carbocycles. The number of Topliss-reactive ketones (excluding diaryl/α,β-unsaturated/α-hetero) is 1. The first-order valence-corrected chi connectivity index (χ1v) is 10.2. The topological polar surface area (TPSA) is 20.3 Å². The first-order valence-electron chi connectivity index (χ1n) is 10.2. The maximum Gasteiger partial charge on any atom is 0.167 e. The monoisotopic (exact) mass is 391 g/mol. The van der Waals surface area contributed by atoms with E-state index in [0.29, 0.717) is 6.42 Å². The van der Waals surface area contributed by atoms with Gasteiger partial charge < -0.3 is 4.90 Å². The van der Waals surface area contributed by atoms with Crippen LogP contribution in [-0.2, 0) is 6.42 Å². The van der Waals surface area contributed by atoms with Crippen LogP contribution in [0.15, 0.2) is 103 Å². The second-order valence-corrected chi connectivity index (χ2v) is 7.58. The molecule has 0 radical (unpaired) electrons. The van der Waals surface area contributed by atoms with Crippen LogP contribution in [0.25, 0.3) is 22.3 Å². The first-order chi connectivity index (χ1) is 14.6. The number of benzene rings is 4. The summed E-state index contributed by atoms with van der Waals surface area (Å²) < 4.78 is 0. The minimum Gasteiger partial charge on any atom is -0.377 e. The van der Waals surface area contributed by atoms with Crippen molar-refractivity contribution in [2.24, 2.45) is 0 Å². The lowest BCUT2D eigenvalue weighted by molar-refractivity contribution is 0.0993. The molecule has 0 unspecified atom stereocenters. The van der Waals surface area contributed by atoms with Crippen LogP contribution in [0.3, 0.4) is 0 Å². The van der Waals surface area contributed by atoms with E-state index in [0.717, 1.165) is 39.1 Å². The summed E-state index contributed by atoms with van der Waals surface area (Å²) in [6.45, 7) is 0. The normalized spacial score (nSPS) is 10.6. The molecule has 4 aromatic carbocycles. The summed E-state index contributed by atoms with van der Waals surface area (Å²) >= 11 is 0. The Balaban J connectivity index is 1.90. The summed E-state index contributed by atoms with van der Waals surface area (Å²) in [5.74, 6) is 0.129. The Labute approximate surface area is 178 Å². The van der Waals surface area contributed by atoms with Crippen LogP contribution >= 0.6 is 0 Å². The van der Waals surface area contributed by atoms with E-state index in [-0.39, 0.29) is 5.78 Å². The third kappa shape index (κ3) is 4.04. The number of hydrogen-bond acceptors (Lipinski definition) is 2. The number of nitrogens with zero attached hydrogens (tertiary/aromatic N) is 1. The number of rotatable bonds is 6. The summed E-state index contributed by atoms with van der Waals surface area (Å²) in [5.41, 5.74) is 7.47. The predicted octanol–water partition coefficient (Wildman–Crippen LogP) is 6.51. The summed E-state index contributed by atoms with van der Waals surface area (Å²) in [7, 11) is 4.11. The molecule has 0 heterocycles.